The van der Waals surface area contributed by atoms with Gasteiger partial charge in [-0.3, -0.25) is 4.68 Å². The van der Waals surface area contributed by atoms with E-state index in [4.69, 9.17) is 5.73 Å². The highest BCUT2D eigenvalue weighted by Crippen LogP contribution is 2.29. The van der Waals surface area contributed by atoms with Crippen molar-refractivity contribution in [3.8, 4) is 0 Å². The molecule has 1 aromatic heterocycles. The second-order valence-corrected chi connectivity index (χ2v) is 5.78. The molecular weight excluding hydrogens is 222 g/mol. The minimum absolute atomic E-state index is 0.298. The lowest BCUT2D eigenvalue weighted by atomic mass is 9.97. The third-order valence-corrected chi connectivity index (χ3v) is 4.18. The molecule has 1 saturated carbocycles. The third kappa shape index (κ3) is 3.58. The molecule has 0 amide bonds. The Labute approximate surface area is 111 Å². The number of hydrogen-bond acceptors (Lipinski definition) is 2. The fraction of sp³-hybridized carbons (Fsp3) is 0.800. The molecule has 3 heteroatoms. The van der Waals surface area contributed by atoms with Gasteiger partial charge in [0, 0.05) is 24.7 Å². The van der Waals surface area contributed by atoms with Gasteiger partial charge >= 0.3 is 0 Å². The molecule has 1 aromatic rings. The Morgan fingerprint density at radius 3 is 2.83 bits per heavy atom. The van der Waals surface area contributed by atoms with E-state index in [2.05, 4.69) is 29.7 Å². The quantitative estimate of drug-likeness (QED) is 0.842. The van der Waals surface area contributed by atoms with Gasteiger partial charge in [0.15, 0.2) is 0 Å². The monoisotopic (exact) mass is 249 g/mol. The average Bonchev–Trinajstić information content (AvgIpc) is 2.96. The number of hydrogen-bond donors (Lipinski definition) is 1. The molecule has 1 atom stereocenters. The van der Waals surface area contributed by atoms with E-state index in [-0.39, 0.29) is 0 Å². The molecule has 3 nitrogen and oxygen atoms in total. The zero-order chi connectivity index (χ0) is 13.0. The molecule has 0 saturated heterocycles. The standard InChI is InChI=1S/C15H27N3/c1-3-18-15(10-12(2)17-18)11-14(16)9-8-13-6-4-5-7-13/h10,13-14H,3-9,11,16H2,1-2H3. The Bertz CT molecular complexity index is 364. The van der Waals surface area contributed by atoms with Crippen LogP contribution in [0.5, 0.6) is 0 Å². The van der Waals surface area contributed by atoms with E-state index in [1.807, 2.05) is 0 Å². The van der Waals surface area contributed by atoms with Gasteiger partial charge in [0.25, 0.3) is 0 Å². The van der Waals surface area contributed by atoms with Gasteiger partial charge < -0.3 is 5.73 Å². The van der Waals surface area contributed by atoms with E-state index in [9.17, 15) is 0 Å². The normalized spacial score (nSPS) is 18.4. The van der Waals surface area contributed by atoms with Gasteiger partial charge in [0.2, 0.25) is 0 Å². The fourth-order valence-electron chi connectivity index (χ4n) is 3.16. The first kappa shape index (κ1) is 13.6. The Morgan fingerprint density at radius 2 is 2.17 bits per heavy atom. The zero-order valence-electron chi connectivity index (χ0n) is 11.9. The highest BCUT2D eigenvalue weighted by atomic mass is 15.3. The lowest BCUT2D eigenvalue weighted by Gasteiger charge is -2.15. The molecule has 2 rings (SSSR count). The van der Waals surface area contributed by atoms with Crippen LogP contribution >= 0.6 is 0 Å². The second-order valence-electron chi connectivity index (χ2n) is 5.78. The van der Waals surface area contributed by atoms with Gasteiger partial charge in [-0.25, -0.2) is 0 Å². The van der Waals surface area contributed by atoms with Gasteiger partial charge in [-0.05, 0) is 38.7 Å². The van der Waals surface area contributed by atoms with E-state index in [0.717, 1.165) is 24.6 Å². The number of nitrogens with zero attached hydrogens (tertiary/aromatic N) is 2. The first-order valence-electron chi connectivity index (χ1n) is 7.48. The predicted molar refractivity (Wildman–Crippen MR) is 75.5 cm³/mol. The minimum Gasteiger partial charge on any atom is -0.327 e. The molecule has 0 bridgehead atoms. The van der Waals surface area contributed by atoms with Crippen LogP contribution in [0.1, 0.15) is 56.8 Å². The van der Waals surface area contributed by atoms with Crippen molar-refractivity contribution in [3.63, 3.8) is 0 Å². The summed E-state index contributed by atoms with van der Waals surface area (Å²) < 4.78 is 2.09. The zero-order valence-corrected chi connectivity index (χ0v) is 11.9. The van der Waals surface area contributed by atoms with Crippen LogP contribution < -0.4 is 5.73 Å². The average molecular weight is 249 g/mol. The first-order valence-corrected chi connectivity index (χ1v) is 7.48. The molecule has 0 aliphatic heterocycles. The van der Waals surface area contributed by atoms with Gasteiger partial charge in [-0.15, -0.1) is 0 Å². The Hall–Kier alpha value is -0.830. The Morgan fingerprint density at radius 1 is 1.44 bits per heavy atom. The summed E-state index contributed by atoms with van der Waals surface area (Å²) in [5.41, 5.74) is 8.68. The van der Waals surface area contributed by atoms with Crippen molar-refractivity contribution in [2.75, 3.05) is 0 Å². The van der Waals surface area contributed by atoms with Crippen molar-refractivity contribution in [2.45, 2.75) is 71.4 Å². The van der Waals surface area contributed by atoms with Crippen molar-refractivity contribution < 1.29 is 0 Å². The van der Waals surface area contributed by atoms with Gasteiger partial charge in [0.1, 0.15) is 0 Å². The molecule has 2 N–H and O–H groups in total. The van der Waals surface area contributed by atoms with Crippen LogP contribution in [0.4, 0.5) is 0 Å². The summed E-state index contributed by atoms with van der Waals surface area (Å²) in [5.74, 6) is 0.953. The molecule has 0 aromatic carbocycles. The first-order chi connectivity index (χ1) is 8.69. The van der Waals surface area contributed by atoms with Crippen LogP contribution in [0.2, 0.25) is 0 Å². The van der Waals surface area contributed by atoms with Crippen LogP contribution in [-0.2, 0) is 13.0 Å². The SMILES string of the molecule is CCn1nc(C)cc1CC(N)CCC1CCCC1. The maximum Gasteiger partial charge on any atom is 0.0596 e. The molecule has 0 spiro atoms. The number of rotatable bonds is 6. The maximum absolute atomic E-state index is 6.28. The smallest absolute Gasteiger partial charge is 0.0596 e. The summed E-state index contributed by atoms with van der Waals surface area (Å²) in [6.45, 7) is 5.14. The summed E-state index contributed by atoms with van der Waals surface area (Å²) in [6, 6.07) is 2.48. The van der Waals surface area contributed by atoms with Crippen molar-refractivity contribution in [2.24, 2.45) is 11.7 Å². The lowest BCUT2D eigenvalue weighted by Crippen LogP contribution is -2.25. The lowest BCUT2D eigenvalue weighted by molar-refractivity contribution is 0.441. The molecule has 0 radical (unpaired) electrons. The van der Waals surface area contributed by atoms with E-state index in [1.165, 1.54) is 44.2 Å². The second kappa shape index (κ2) is 6.37. The van der Waals surface area contributed by atoms with E-state index in [1.54, 1.807) is 0 Å². The highest BCUT2D eigenvalue weighted by Gasteiger charge is 2.17. The number of aryl methyl sites for hydroxylation is 2. The molecule has 1 fully saturated rings. The van der Waals surface area contributed by atoms with Crippen LogP contribution in [-0.4, -0.2) is 15.8 Å². The molecule has 18 heavy (non-hydrogen) atoms. The molecule has 1 aliphatic rings. The minimum atomic E-state index is 0.298. The van der Waals surface area contributed by atoms with Crippen LogP contribution in [0.25, 0.3) is 0 Å². The van der Waals surface area contributed by atoms with E-state index < -0.39 is 0 Å². The molecule has 1 unspecified atom stereocenters. The van der Waals surface area contributed by atoms with Crippen molar-refractivity contribution in [1.82, 2.24) is 9.78 Å². The fourth-order valence-corrected chi connectivity index (χ4v) is 3.16. The Kier molecular flexibility index (Phi) is 4.81. The van der Waals surface area contributed by atoms with Gasteiger partial charge in [-0.2, -0.15) is 5.10 Å². The third-order valence-electron chi connectivity index (χ3n) is 4.18. The molecule has 102 valence electrons. The molecular formula is C15H27N3. The summed E-state index contributed by atoms with van der Waals surface area (Å²) in [7, 11) is 0. The summed E-state index contributed by atoms with van der Waals surface area (Å²) in [5, 5.41) is 4.48. The highest BCUT2D eigenvalue weighted by molar-refractivity contribution is 5.10. The molecule has 1 heterocycles. The predicted octanol–water partition coefficient (Wildman–Crippen LogP) is 3.05. The van der Waals surface area contributed by atoms with Gasteiger partial charge in [0.05, 0.1) is 5.69 Å². The number of nitrogens with two attached hydrogens (primary N) is 1. The van der Waals surface area contributed by atoms with Gasteiger partial charge in [-0.1, -0.05) is 25.7 Å². The van der Waals surface area contributed by atoms with Crippen LogP contribution in [0.3, 0.4) is 0 Å². The molecule has 1 aliphatic carbocycles. The van der Waals surface area contributed by atoms with E-state index >= 15 is 0 Å². The summed E-state index contributed by atoms with van der Waals surface area (Å²) >= 11 is 0. The van der Waals surface area contributed by atoms with E-state index in [0.29, 0.717) is 6.04 Å². The Balaban J connectivity index is 1.80. The van der Waals surface area contributed by atoms with Crippen LogP contribution in [0, 0.1) is 12.8 Å². The van der Waals surface area contributed by atoms with Crippen molar-refractivity contribution in [3.05, 3.63) is 17.5 Å². The van der Waals surface area contributed by atoms with Crippen molar-refractivity contribution >= 4 is 0 Å². The van der Waals surface area contributed by atoms with Crippen LogP contribution in [0.15, 0.2) is 6.07 Å². The topological polar surface area (TPSA) is 43.8 Å². The largest absolute Gasteiger partial charge is 0.327 e. The summed E-state index contributed by atoms with van der Waals surface area (Å²) in [4.78, 5) is 0. The van der Waals surface area contributed by atoms with Crippen molar-refractivity contribution in [1.29, 1.82) is 0 Å². The maximum atomic E-state index is 6.28. The summed E-state index contributed by atoms with van der Waals surface area (Å²) in [6.07, 6.45) is 9.18. The number of aromatic nitrogens is 2.